The van der Waals surface area contributed by atoms with E-state index in [4.69, 9.17) is 22.7 Å². The van der Waals surface area contributed by atoms with Crippen LogP contribution < -0.4 is 10.5 Å². The lowest BCUT2D eigenvalue weighted by Gasteiger charge is -2.29. The van der Waals surface area contributed by atoms with E-state index in [0.29, 0.717) is 17.6 Å². The molecule has 0 amide bonds. The van der Waals surface area contributed by atoms with Crippen molar-refractivity contribution in [3.8, 4) is 5.75 Å². The molecule has 1 aliphatic carbocycles. The first-order chi connectivity index (χ1) is 9.60. The molecule has 110 valence electrons. The van der Waals surface area contributed by atoms with Crippen molar-refractivity contribution in [2.75, 3.05) is 13.7 Å². The smallest absolute Gasteiger partial charge is 0.123 e. The Kier molecular flexibility index (Phi) is 5.81. The molecule has 2 rings (SSSR count). The number of nitrogens with zero attached hydrogens (tertiary/aromatic N) is 1. The third-order valence-corrected chi connectivity index (χ3v) is 4.44. The second kappa shape index (κ2) is 7.38. The zero-order valence-electron chi connectivity index (χ0n) is 11.8. The van der Waals surface area contributed by atoms with Crippen molar-refractivity contribution in [3.05, 3.63) is 28.2 Å². The number of rotatable bonds is 6. The molecule has 20 heavy (non-hydrogen) atoms. The van der Waals surface area contributed by atoms with Gasteiger partial charge in [0.05, 0.1) is 12.1 Å². The fraction of sp³-hybridized carbons (Fsp3) is 0.533. The first kappa shape index (κ1) is 15.7. The predicted molar refractivity (Wildman–Crippen MR) is 90.1 cm³/mol. The Morgan fingerprint density at radius 2 is 2.15 bits per heavy atom. The summed E-state index contributed by atoms with van der Waals surface area (Å²) >= 11 is 8.63. The van der Waals surface area contributed by atoms with Crippen LogP contribution in [0.1, 0.15) is 31.2 Å². The Balaban J connectivity index is 2.17. The molecule has 1 saturated carbocycles. The Labute approximate surface area is 134 Å². The quantitative estimate of drug-likeness (QED) is 0.791. The molecule has 1 aromatic rings. The maximum atomic E-state index is 5.76. The Morgan fingerprint density at radius 3 is 2.75 bits per heavy atom. The summed E-state index contributed by atoms with van der Waals surface area (Å²) in [5.74, 6) is 0.916. The van der Waals surface area contributed by atoms with E-state index in [1.54, 1.807) is 7.11 Å². The van der Waals surface area contributed by atoms with Crippen LogP contribution in [0.2, 0.25) is 0 Å². The molecule has 0 bridgehead atoms. The van der Waals surface area contributed by atoms with E-state index in [-0.39, 0.29) is 0 Å². The summed E-state index contributed by atoms with van der Waals surface area (Å²) < 4.78 is 6.52. The van der Waals surface area contributed by atoms with Gasteiger partial charge < -0.3 is 10.5 Å². The van der Waals surface area contributed by atoms with Gasteiger partial charge in [-0.3, -0.25) is 4.90 Å². The van der Waals surface area contributed by atoms with Gasteiger partial charge in [-0.1, -0.05) is 41.0 Å². The van der Waals surface area contributed by atoms with Gasteiger partial charge in [0.15, 0.2) is 0 Å². The number of methoxy groups -OCH3 is 1. The van der Waals surface area contributed by atoms with Gasteiger partial charge in [-0.05, 0) is 31.0 Å². The van der Waals surface area contributed by atoms with Crippen LogP contribution in [0, 0.1) is 0 Å². The summed E-state index contributed by atoms with van der Waals surface area (Å²) in [7, 11) is 1.71. The minimum absolute atomic E-state index is 0.561. The van der Waals surface area contributed by atoms with Gasteiger partial charge in [-0.2, -0.15) is 0 Å². The van der Waals surface area contributed by atoms with Crippen LogP contribution in [0.4, 0.5) is 0 Å². The average molecular weight is 357 g/mol. The van der Waals surface area contributed by atoms with Crippen LogP contribution in [0.3, 0.4) is 0 Å². The molecule has 0 atom stereocenters. The molecule has 5 heteroatoms. The van der Waals surface area contributed by atoms with Crippen LogP contribution in [0.5, 0.6) is 5.75 Å². The Bertz CT molecular complexity index is 475. The number of thiocarbonyl (C=S) groups is 1. The molecule has 1 aliphatic rings. The van der Waals surface area contributed by atoms with E-state index in [9.17, 15) is 0 Å². The molecule has 0 radical (unpaired) electrons. The fourth-order valence-electron chi connectivity index (χ4n) is 2.87. The lowest BCUT2D eigenvalue weighted by Crippen LogP contribution is -2.38. The number of halogens is 1. The van der Waals surface area contributed by atoms with Gasteiger partial charge in [-0.15, -0.1) is 0 Å². The van der Waals surface area contributed by atoms with Crippen molar-refractivity contribution in [3.63, 3.8) is 0 Å². The van der Waals surface area contributed by atoms with E-state index in [0.717, 1.165) is 16.8 Å². The molecule has 0 saturated heterocycles. The van der Waals surface area contributed by atoms with E-state index >= 15 is 0 Å². The van der Waals surface area contributed by atoms with Crippen LogP contribution >= 0.6 is 28.1 Å². The van der Waals surface area contributed by atoms with E-state index in [2.05, 4.69) is 26.9 Å². The zero-order chi connectivity index (χ0) is 14.5. The molecule has 0 spiro atoms. The van der Waals surface area contributed by atoms with Crippen molar-refractivity contribution in [2.45, 2.75) is 38.3 Å². The van der Waals surface area contributed by atoms with Gasteiger partial charge in [0.2, 0.25) is 0 Å². The van der Waals surface area contributed by atoms with Crippen LogP contribution in [0.25, 0.3) is 0 Å². The van der Waals surface area contributed by atoms with Crippen molar-refractivity contribution in [1.82, 2.24) is 4.90 Å². The number of hydrogen-bond donors (Lipinski definition) is 1. The molecular weight excluding hydrogens is 336 g/mol. The van der Waals surface area contributed by atoms with Gasteiger partial charge in [0.1, 0.15) is 5.75 Å². The topological polar surface area (TPSA) is 38.5 Å². The minimum atomic E-state index is 0.561. The second-order valence-electron chi connectivity index (χ2n) is 5.27. The highest BCUT2D eigenvalue weighted by Gasteiger charge is 2.24. The van der Waals surface area contributed by atoms with E-state index in [1.165, 1.54) is 31.2 Å². The first-order valence-electron chi connectivity index (χ1n) is 6.95. The molecule has 0 unspecified atom stereocenters. The number of nitrogens with two attached hydrogens (primary N) is 1. The summed E-state index contributed by atoms with van der Waals surface area (Å²) in [6.45, 7) is 1.50. The van der Waals surface area contributed by atoms with Crippen LogP contribution in [-0.4, -0.2) is 29.6 Å². The lowest BCUT2D eigenvalue weighted by molar-refractivity contribution is 0.216. The summed E-state index contributed by atoms with van der Waals surface area (Å²) in [5, 5.41) is 0. The maximum Gasteiger partial charge on any atom is 0.123 e. The second-order valence-corrected chi connectivity index (χ2v) is 6.71. The fourth-order valence-corrected chi connectivity index (χ4v) is 3.45. The highest BCUT2D eigenvalue weighted by Crippen LogP contribution is 2.29. The SMILES string of the molecule is COc1ccc(Br)cc1CN(CC(N)=S)C1CCCC1. The Hall–Kier alpha value is -0.650. The summed E-state index contributed by atoms with van der Waals surface area (Å²) in [4.78, 5) is 2.95. The number of benzene rings is 1. The first-order valence-corrected chi connectivity index (χ1v) is 8.15. The molecule has 1 fully saturated rings. The van der Waals surface area contributed by atoms with Crippen LogP contribution in [0.15, 0.2) is 22.7 Å². The summed E-state index contributed by atoms with van der Waals surface area (Å²) in [6, 6.07) is 6.68. The van der Waals surface area contributed by atoms with Gasteiger partial charge >= 0.3 is 0 Å². The summed E-state index contributed by atoms with van der Waals surface area (Å²) in [5.41, 5.74) is 6.94. The van der Waals surface area contributed by atoms with Crippen LogP contribution in [-0.2, 0) is 6.54 Å². The number of hydrogen-bond acceptors (Lipinski definition) is 3. The molecule has 0 aliphatic heterocycles. The molecule has 0 heterocycles. The highest BCUT2D eigenvalue weighted by atomic mass is 79.9. The molecule has 2 N–H and O–H groups in total. The van der Waals surface area contributed by atoms with Gasteiger partial charge in [-0.25, -0.2) is 0 Å². The van der Waals surface area contributed by atoms with E-state index in [1.807, 2.05) is 12.1 Å². The van der Waals surface area contributed by atoms with Crippen molar-refractivity contribution >= 4 is 33.1 Å². The van der Waals surface area contributed by atoms with Crippen molar-refractivity contribution in [1.29, 1.82) is 0 Å². The van der Waals surface area contributed by atoms with Gasteiger partial charge in [0, 0.05) is 29.2 Å². The average Bonchev–Trinajstić information content (AvgIpc) is 2.91. The predicted octanol–water partition coefficient (Wildman–Crippen LogP) is 3.49. The third-order valence-electron chi connectivity index (χ3n) is 3.82. The Morgan fingerprint density at radius 1 is 1.45 bits per heavy atom. The lowest BCUT2D eigenvalue weighted by atomic mass is 10.1. The van der Waals surface area contributed by atoms with E-state index < -0.39 is 0 Å². The standard InChI is InChI=1S/C15H21BrN2OS/c1-19-14-7-6-12(16)8-11(14)9-18(10-15(17)20)13-4-2-3-5-13/h6-8,13H,2-5,9-10H2,1H3,(H2,17,20). The monoisotopic (exact) mass is 356 g/mol. The normalized spacial score (nSPS) is 15.8. The number of ether oxygens (including phenoxy) is 1. The zero-order valence-corrected chi connectivity index (χ0v) is 14.2. The molecule has 3 nitrogen and oxygen atoms in total. The molecular formula is C15H21BrN2OS. The maximum absolute atomic E-state index is 5.76. The van der Waals surface area contributed by atoms with Gasteiger partial charge in [0.25, 0.3) is 0 Å². The van der Waals surface area contributed by atoms with Crippen molar-refractivity contribution < 1.29 is 4.74 Å². The third kappa shape index (κ3) is 4.17. The highest BCUT2D eigenvalue weighted by molar-refractivity contribution is 9.10. The summed E-state index contributed by atoms with van der Waals surface area (Å²) in [6.07, 6.45) is 5.07. The largest absolute Gasteiger partial charge is 0.496 e. The van der Waals surface area contributed by atoms with Crippen molar-refractivity contribution in [2.24, 2.45) is 5.73 Å². The molecule has 0 aromatic heterocycles. The minimum Gasteiger partial charge on any atom is -0.496 e. The molecule has 1 aromatic carbocycles.